The van der Waals surface area contributed by atoms with Gasteiger partial charge in [-0.25, -0.2) is 4.39 Å². The number of anilines is 1. The Morgan fingerprint density at radius 2 is 2.07 bits per heavy atom. The van der Waals surface area contributed by atoms with E-state index in [9.17, 15) is 9.18 Å². The first-order chi connectivity index (χ1) is 14.5. The maximum atomic E-state index is 14.7. The van der Waals surface area contributed by atoms with Crippen LogP contribution in [0.1, 0.15) is 40.5 Å². The summed E-state index contributed by atoms with van der Waals surface area (Å²) in [5, 5.41) is 16.7. The third-order valence-corrected chi connectivity index (χ3v) is 6.70. The smallest absolute Gasteiger partial charge is 0.265 e. The number of aromatic nitrogens is 5. The third kappa shape index (κ3) is 3.19. The Kier molecular flexibility index (Phi) is 4.62. The van der Waals surface area contributed by atoms with Crippen molar-refractivity contribution in [3.05, 3.63) is 46.5 Å². The van der Waals surface area contributed by atoms with Gasteiger partial charge in [-0.05, 0) is 44.0 Å². The van der Waals surface area contributed by atoms with Crippen LogP contribution >= 0.6 is 11.3 Å². The molecule has 9 heteroatoms. The molecule has 0 spiro atoms. The summed E-state index contributed by atoms with van der Waals surface area (Å²) < 4.78 is 18.4. The fourth-order valence-electron chi connectivity index (χ4n) is 3.97. The fraction of sp³-hybridized carbons (Fsp3) is 0.333. The van der Waals surface area contributed by atoms with Crippen molar-refractivity contribution in [1.29, 1.82) is 0 Å². The summed E-state index contributed by atoms with van der Waals surface area (Å²) in [5.41, 5.74) is 1.76. The van der Waals surface area contributed by atoms with Gasteiger partial charge in [-0.3, -0.25) is 9.48 Å². The molecule has 1 amide bonds. The topological polar surface area (TPSA) is 77.6 Å². The lowest BCUT2D eigenvalue weighted by atomic mass is 10.1. The molecule has 5 rings (SSSR count). The number of hydrogen-bond acceptors (Lipinski definition) is 5. The second-order valence-electron chi connectivity index (χ2n) is 7.59. The van der Waals surface area contributed by atoms with Gasteiger partial charge in [-0.2, -0.15) is 5.10 Å². The van der Waals surface area contributed by atoms with Gasteiger partial charge in [-0.15, -0.1) is 21.5 Å². The van der Waals surface area contributed by atoms with E-state index in [0.717, 1.165) is 54.0 Å². The van der Waals surface area contributed by atoms with Crippen LogP contribution in [0.15, 0.2) is 24.3 Å². The summed E-state index contributed by atoms with van der Waals surface area (Å²) in [6.07, 6.45) is 4.08. The number of hydrogen-bond donors (Lipinski definition) is 1. The molecule has 0 saturated carbocycles. The minimum absolute atomic E-state index is 0.228. The predicted octanol–water partition coefficient (Wildman–Crippen LogP) is 4.32. The van der Waals surface area contributed by atoms with Gasteiger partial charge in [0.1, 0.15) is 16.5 Å². The third-order valence-electron chi connectivity index (χ3n) is 5.49. The molecule has 4 aromatic rings. The van der Waals surface area contributed by atoms with Crippen molar-refractivity contribution in [1.82, 2.24) is 24.5 Å². The SMILES string of the molecule is Cc1nn(C)c2sc(C(=O)Nc3ccc(F)c(-c4nnc5n4CCCCC5)c3)cc12. The molecule has 0 bridgehead atoms. The molecule has 0 saturated heterocycles. The number of nitrogens with one attached hydrogen (secondary N) is 1. The molecule has 0 aliphatic carbocycles. The van der Waals surface area contributed by atoms with E-state index < -0.39 is 0 Å². The van der Waals surface area contributed by atoms with Gasteiger partial charge < -0.3 is 9.88 Å². The second kappa shape index (κ2) is 7.32. The van der Waals surface area contributed by atoms with E-state index in [1.807, 2.05) is 24.6 Å². The molecule has 3 aromatic heterocycles. The Labute approximate surface area is 176 Å². The first kappa shape index (κ1) is 18.9. The standard InChI is InChI=1S/C21H21FN6OS/c1-12-14-11-17(30-21(14)27(2)26-12)20(29)23-13-7-8-16(22)15(10-13)19-25-24-18-6-4-3-5-9-28(18)19/h7-8,10-11H,3-6,9H2,1-2H3,(H,23,29). The minimum atomic E-state index is -0.379. The van der Waals surface area contributed by atoms with E-state index >= 15 is 0 Å². The molecular weight excluding hydrogens is 403 g/mol. The number of amides is 1. The van der Waals surface area contributed by atoms with E-state index in [4.69, 9.17) is 0 Å². The van der Waals surface area contributed by atoms with E-state index in [1.165, 1.54) is 17.4 Å². The Balaban J connectivity index is 1.45. The Morgan fingerprint density at radius 3 is 2.90 bits per heavy atom. The molecule has 30 heavy (non-hydrogen) atoms. The first-order valence-corrected chi connectivity index (χ1v) is 10.8. The van der Waals surface area contributed by atoms with Gasteiger partial charge in [0.15, 0.2) is 5.82 Å². The number of fused-ring (bicyclic) bond motifs is 2. The first-order valence-electron chi connectivity index (χ1n) is 9.98. The summed E-state index contributed by atoms with van der Waals surface area (Å²) >= 11 is 1.39. The van der Waals surface area contributed by atoms with E-state index in [0.29, 0.717) is 22.0 Å². The number of carbonyl (C=O) groups excluding carboxylic acids is 1. The predicted molar refractivity (Wildman–Crippen MR) is 114 cm³/mol. The summed E-state index contributed by atoms with van der Waals surface area (Å²) in [4.78, 5) is 14.3. The average Bonchev–Trinajstić information content (AvgIpc) is 3.35. The van der Waals surface area contributed by atoms with E-state index in [2.05, 4.69) is 20.6 Å². The van der Waals surface area contributed by atoms with Crippen LogP contribution in [-0.4, -0.2) is 30.5 Å². The van der Waals surface area contributed by atoms with E-state index in [1.54, 1.807) is 16.8 Å². The number of aryl methyl sites for hydroxylation is 3. The molecule has 0 unspecified atom stereocenters. The van der Waals surface area contributed by atoms with Crippen LogP contribution in [0.3, 0.4) is 0 Å². The van der Waals surface area contributed by atoms with Crippen molar-refractivity contribution in [2.75, 3.05) is 5.32 Å². The molecule has 1 aliphatic rings. The zero-order chi connectivity index (χ0) is 20.8. The molecule has 1 N–H and O–H groups in total. The maximum absolute atomic E-state index is 14.7. The second-order valence-corrected chi connectivity index (χ2v) is 8.62. The highest BCUT2D eigenvalue weighted by Crippen LogP contribution is 2.30. The monoisotopic (exact) mass is 424 g/mol. The normalized spacial score (nSPS) is 14.0. The quantitative estimate of drug-likeness (QED) is 0.531. The van der Waals surface area contributed by atoms with Crippen molar-refractivity contribution < 1.29 is 9.18 Å². The Hall–Kier alpha value is -3.07. The number of nitrogens with zero attached hydrogens (tertiary/aromatic N) is 5. The Bertz CT molecular complexity index is 1240. The molecular formula is C21H21FN6OS. The van der Waals surface area contributed by atoms with Crippen molar-refractivity contribution in [2.45, 2.75) is 39.2 Å². The molecule has 0 atom stereocenters. The molecule has 0 fully saturated rings. The molecule has 4 heterocycles. The van der Waals surface area contributed by atoms with Crippen molar-refractivity contribution in [3.8, 4) is 11.4 Å². The van der Waals surface area contributed by atoms with Gasteiger partial charge in [-0.1, -0.05) is 6.42 Å². The van der Waals surface area contributed by atoms with Crippen LogP contribution in [0.5, 0.6) is 0 Å². The van der Waals surface area contributed by atoms with Crippen molar-refractivity contribution in [3.63, 3.8) is 0 Å². The van der Waals surface area contributed by atoms with Gasteiger partial charge in [0, 0.05) is 31.1 Å². The molecule has 1 aliphatic heterocycles. The number of rotatable bonds is 3. The number of halogens is 1. The van der Waals surface area contributed by atoms with Crippen molar-refractivity contribution >= 4 is 33.1 Å². The lowest BCUT2D eigenvalue weighted by Crippen LogP contribution is -2.11. The summed E-state index contributed by atoms with van der Waals surface area (Å²) in [6, 6.07) is 6.41. The fourth-order valence-corrected chi connectivity index (χ4v) is 4.99. The number of benzene rings is 1. The molecule has 154 valence electrons. The molecule has 7 nitrogen and oxygen atoms in total. The highest BCUT2D eigenvalue weighted by Gasteiger charge is 2.20. The summed E-state index contributed by atoms with van der Waals surface area (Å²) in [5.74, 6) is 0.805. The maximum Gasteiger partial charge on any atom is 0.265 e. The average molecular weight is 425 g/mol. The summed E-state index contributed by atoms with van der Waals surface area (Å²) in [6.45, 7) is 2.70. The van der Waals surface area contributed by atoms with Gasteiger partial charge in [0.05, 0.1) is 16.1 Å². The van der Waals surface area contributed by atoms with Crippen molar-refractivity contribution in [2.24, 2.45) is 7.05 Å². The van der Waals surface area contributed by atoms with Crippen LogP contribution in [-0.2, 0) is 20.0 Å². The van der Waals surface area contributed by atoms with Crippen LogP contribution < -0.4 is 5.32 Å². The zero-order valence-electron chi connectivity index (χ0n) is 16.8. The largest absolute Gasteiger partial charge is 0.321 e. The molecule has 0 radical (unpaired) electrons. The molecule has 1 aromatic carbocycles. The van der Waals surface area contributed by atoms with Crippen LogP contribution in [0.4, 0.5) is 10.1 Å². The van der Waals surface area contributed by atoms with Crippen LogP contribution in [0.2, 0.25) is 0 Å². The van der Waals surface area contributed by atoms with Gasteiger partial charge >= 0.3 is 0 Å². The minimum Gasteiger partial charge on any atom is -0.321 e. The number of thiophene rings is 1. The van der Waals surface area contributed by atoms with E-state index in [-0.39, 0.29) is 11.7 Å². The lowest BCUT2D eigenvalue weighted by molar-refractivity contribution is 0.103. The highest BCUT2D eigenvalue weighted by molar-refractivity contribution is 7.20. The van der Waals surface area contributed by atoms with Crippen LogP contribution in [0, 0.1) is 12.7 Å². The van der Waals surface area contributed by atoms with Gasteiger partial charge in [0.25, 0.3) is 5.91 Å². The summed E-state index contributed by atoms with van der Waals surface area (Å²) in [7, 11) is 1.86. The highest BCUT2D eigenvalue weighted by atomic mass is 32.1. The zero-order valence-corrected chi connectivity index (χ0v) is 17.6. The number of carbonyl (C=O) groups is 1. The lowest BCUT2D eigenvalue weighted by Gasteiger charge is -2.10. The Morgan fingerprint density at radius 1 is 1.20 bits per heavy atom. The van der Waals surface area contributed by atoms with Crippen LogP contribution in [0.25, 0.3) is 21.6 Å². The van der Waals surface area contributed by atoms with Gasteiger partial charge in [0.2, 0.25) is 0 Å².